The van der Waals surface area contributed by atoms with Crippen molar-refractivity contribution in [1.82, 2.24) is 5.32 Å². The highest BCUT2D eigenvalue weighted by Gasteiger charge is 2.19. The lowest BCUT2D eigenvalue weighted by Gasteiger charge is -2.23. The van der Waals surface area contributed by atoms with Gasteiger partial charge in [0.2, 0.25) is 5.91 Å². The molecule has 80 valence electrons. The Labute approximate surface area is 85.7 Å². The molecule has 0 aromatic rings. The second kappa shape index (κ2) is 4.60. The molecule has 0 heterocycles. The standard InChI is InChI=1S/C11H20N2O/c1-11(2,12)8-10(14)13-9-6-4-3-5-7-9/h3-4,9H,5-8,12H2,1-2H3,(H,13,14). The van der Waals surface area contributed by atoms with Gasteiger partial charge in [0.15, 0.2) is 0 Å². The third-order valence-electron chi connectivity index (χ3n) is 2.25. The maximum absolute atomic E-state index is 11.5. The van der Waals surface area contributed by atoms with E-state index in [4.69, 9.17) is 5.73 Å². The topological polar surface area (TPSA) is 55.1 Å². The number of allylic oxidation sites excluding steroid dienone is 1. The van der Waals surface area contributed by atoms with E-state index in [2.05, 4.69) is 17.5 Å². The third-order valence-corrected chi connectivity index (χ3v) is 2.25. The highest BCUT2D eigenvalue weighted by molar-refractivity contribution is 5.77. The fourth-order valence-electron chi connectivity index (χ4n) is 1.62. The minimum absolute atomic E-state index is 0.0674. The SMILES string of the molecule is CC(C)(N)CC(=O)NC1CC=CCC1. The second-order valence-electron chi connectivity index (χ2n) is 4.71. The van der Waals surface area contributed by atoms with Crippen LogP contribution >= 0.6 is 0 Å². The molecule has 0 fully saturated rings. The molecule has 1 unspecified atom stereocenters. The molecule has 1 atom stereocenters. The van der Waals surface area contributed by atoms with Gasteiger partial charge >= 0.3 is 0 Å². The fraction of sp³-hybridized carbons (Fsp3) is 0.727. The molecule has 3 N–H and O–H groups in total. The van der Waals surface area contributed by atoms with Crippen molar-refractivity contribution in [2.24, 2.45) is 5.73 Å². The molecule has 14 heavy (non-hydrogen) atoms. The van der Waals surface area contributed by atoms with Crippen molar-refractivity contribution in [3.63, 3.8) is 0 Å². The van der Waals surface area contributed by atoms with Gasteiger partial charge in [-0.15, -0.1) is 0 Å². The number of nitrogens with one attached hydrogen (secondary N) is 1. The van der Waals surface area contributed by atoms with Crippen LogP contribution in [0.4, 0.5) is 0 Å². The van der Waals surface area contributed by atoms with Crippen molar-refractivity contribution in [3.8, 4) is 0 Å². The van der Waals surface area contributed by atoms with Gasteiger partial charge in [0, 0.05) is 18.0 Å². The van der Waals surface area contributed by atoms with Gasteiger partial charge in [0.1, 0.15) is 0 Å². The first-order chi connectivity index (χ1) is 6.47. The van der Waals surface area contributed by atoms with E-state index in [0.29, 0.717) is 12.5 Å². The summed E-state index contributed by atoms with van der Waals surface area (Å²) >= 11 is 0. The molecule has 0 aromatic heterocycles. The van der Waals surface area contributed by atoms with Crippen LogP contribution in [0.25, 0.3) is 0 Å². The number of carbonyl (C=O) groups excluding carboxylic acids is 1. The lowest BCUT2D eigenvalue weighted by molar-refractivity contribution is -0.122. The second-order valence-corrected chi connectivity index (χ2v) is 4.71. The molecule has 1 amide bonds. The normalized spacial score (nSPS) is 22.1. The van der Waals surface area contributed by atoms with Gasteiger partial charge in [0.25, 0.3) is 0 Å². The number of hydrogen-bond acceptors (Lipinski definition) is 2. The summed E-state index contributed by atoms with van der Waals surface area (Å²) in [6, 6.07) is 0.315. The van der Waals surface area contributed by atoms with Crippen LogP contribution in [-0.2, 0) is 4.79 Å². The zero-order valence-corrected chi connectivity index (χ0v) is 9.05. The largest absolute Gasteiger partial charge is 0.353 e. The van der Waals surface area contributed by atoms with E-state index < -0.39 is 5.54 Å². The number of carbonyl (C=O) groups is 1. The van der Waals surface area contributed by atoms with E-state index in [9.17, 15) is 4.79 Å². The van der Waals surface area contributed by atoms with Crippen LogP contribution in [0.5, 0.6) is 0 Å². The van der Waals surface area contributed by atoms with Crippen LogP contribution < -0.4 is 11.1 Å². The predicted molar refractivity (Wildman–Crippen MR) is 57.8 cm³/mol. The molecular formula is C11H20N2O. The van der Waals surface area contributed by atoms with Crippen molar-refractivity contribution in [1.29, 1.82) is 0 Å². The highest BCUT2D eigenvalue weighted by Crippen LogP contribution is 2.11. The van der Waals surface area contributed by atoms with E-state index in [0.717, 1.165) is 19.3 Å². The molecule has 0 saturated heterocycles. The van der Waals surface area contributed by atoms with E-state index in [-0.39, 0.29) is 5.91 Å². The van der Waals surface area contributed by atoms with Crippen LogP contribution in [0.15, 0.2) is 12.2 Å². The highest BCUT2D eigenvalue weighted by atomic mass is 16.1. The van der Waals surface area contributed by atoms with Gasteiger partial charge in [0.05, 0.1) is 0 Å². The Morgan fingerprint density at radius 2 is 2.29 bits per heavy atom. The summed E-state index contributed by atoms with van der Waals surface area (Å²) in [5.41, 5.74) is 5.36. The van der Waals surface area contributed by atoms with Crippen molar-refractivity contribution in [2.75, 3.05) is 0 Å². The molecule has 0 saturated carbocycles. The average molecular weight is 196 g/mol. The zero-order chi connectivity index (χ0) is 10.6. The van der Waals surface area contributed by atoms with Crippen LogP contribution in [0.3, 0.4) is 0 Å². The van der Waals surface area contributed by atoms with Crippen molar-refractivity contribution >= 4 is 5.91 Å². The molecular weight excluding hydrogens is 176 g/mol. The smallest absolute Gasteiger partial charge is 0.222 e. The lowest BCUT2D eigenvalue weighted by atomic mass is 9.99. The quantitative estimate of drug-likeness (QED) is 0.669. The third kappa shape index (κ3) is 4.42. The number of hydrogen-bond donors (Lipinski definition) is 2. The molecule has 0 bridgehead atoms. The maximum atomic E-state index is 11.5. The molecule has 0 aromatic carbocycles. The monoisotopic (exact) mass is 196 g/mol. The summed E-state index contributed by atoms with van der Waals surface area (Å²) in [4.78, 5) is 11.5. The van der Waals surface area contributed by atoms with Gasteiger partial charge in [-0.05, 0) is 33.1 Å². The first kappa shape index (κ1) is 11.2. The van der Waals surface area contributed by atoms with Gasteiger partial charge in [-0.25, -0.2) is 0 Å². The van der Waals surface area contributed by atoms with Crippen LogP contribution in [-0.4, -0.2) is 17.5 Å². The molecule has 1 rings (SSSR count). The van der Waals surface area contributed by atoms with Crippen LogP contribution in [0, 0.1) is 0 Å². The number of rotatable bonds is 3. The van der Waals surface area contributed by atoms with Gasteiger partial charge in [-0.3, -0.25) is 4.79 Å². The van der Waals surface area contributed by atoms with Gasteiger partial charge in [-0.2, -0.15) is 0 Å². The average Bonchev–Trinajstić information content (AvgIpc) is 2.02. The predicted octanol–water partition coefficient (Wildman–Crippen LogP) is 1.34. The van der Waals surface area contributed by atoms with Gasteiger partial charge in [-0.1, -0.05) is 12.2 Å². The zero-order valence-electron chi connectivity index (χ0n) is 9.05. The van der Waals surface area contributed by atoms with Crippen molar-refractivity contribution in [2.45, 2.75) is 51.1 Å². The molecule has 0 aliphatic heterocycles. The minimum atomic E-state index is -0.408. The minimum Gasteiger partial charge on any atom is -0.353 e. The Morgan fingerprint density at radius 3 is 2.79 bits per heavy atom. The Morgan fingerprint density at radius 1 is 1.57 bits per heavy atom. The molecule has 1 aliphatic rings. The van der Waals surface area contributed by atoms with Crippen LogP contribution in [0.1, 0.15) is 39.5 Å². The molecule has 0 radical (unpaired) electrons. The Balaban J connectivity index is 2.30. The summed E-state index contributed by atoms with van der Waals surface area (Å²) in [6.45, 7) is 3.74. The van der Waals surface area contributed by atoms with Crippen molar-refractivity contribution < 1.29 is 4.79 Å². The maximum Gasteiger partial charge on any atom is 0.222 e. The molecule has 1 aliphatic carbocycles. The fourth-order valence-corrected chi connectivity index (χ4v) is 1.62. The van der Waals surface area contributed by atoms with E-state index >= 15 is 0 Å². The van der Waals surface area contributed by atoms with Crippen molar-refractivity contribution in [3.05, 3.63) is 12.2 Å². The van der Waals surface area contributed by atoms with Gasteiger partial charge < -0.3 is 11.1 Å². The first-order valence-electron chi connectivity index (χ1n) is 5.20. The Bertz CT molecular complexity index is 228. The van der Waals surface area contributed by atoms with E-state index in [1.807, 2.05) is 13.8 Å². The van der Waals surface area contributed by atoms with Crippen LogP contribution in [0.2, 0.25) is 0 Å². The first-order valence-corrected chi connectivity index (χ1v) is 5.20. The molecule has 3 nitrogen and oxygen atoms in total. The summed E-state index contributed by atoms with van der Waals surface area (Å²) in [5, 5.41) is 3.01. The lowest BCUT2D eigenvalue weighted by Crippen LogP contribution is -2.42. The molecule has 3 heteroatoms. The summed E-state index contributed by atoms with van der Waals surface area (Å²) < 4.78 is 0. The number of nitrogens with two attached hydrogens (primary N) is 1. The van der Waals surface area contributed by atoms with E-state index in [1.54, 1.807) is 0 Å². The Kier molecular flexibility index (Phi) is 3.69. The Hall–Kier alpha value is -0.830. The van der Waals surface area contributed by atoms with E-state index in [1.165, 1.54) is 0 Å². The summed E-state index contributed by atoms with van der Waals surface area (Å²) in [6.07, 6.45) is 7.76. The number of amides is 1. The summed E-state index contributed by atoms with van der Waals surface area (Å²) in [7, 11) is 0. The molecule has 0 spiro atoms. The summed E-state index contributed by atoms with van der Waals surface area (Å²) in [5.74, 6) is 0.0674.